The van der Waals surface area contributed by atoms with Gasteiger partial charge in [0.15, 0.2) is 0 Å². The highest BCUT2D eigenvalue weighted by Crippen LogP contribution is 2.38. The number of rotatable bonds is 12. The Morgan fingerprint density at radius 3 is 2.32 bits per heavy atom. The second-order valence-electron chi connectivity index (χ2n) is 8.54. The van der Waals surface area contributed by atoms with Crippen molar-refractivity contribution >= 4 is 23.5 Å². The number of unbranched alkanes of at least 4 members (excludes halogenated alkanes) is 3. The fourth-order valence-electron chi connectivity index (χ4n) is 3.91. The Hall–Kier alpha value is -1.13. The summed E-state index contributed by atoms with van der Waals surface area (Å²) in [7, 11) is 0. The van der Waals surface area contributed by atoms with E-state index in [4.69, 9.17) is 4.74 Å². The summed E-state index contributed by atoms with van der Waals surface area (Å²) in [6.07, 6.45) is 9.70. The maximum absolute atomic E-state index is 14.6. The van der Waals surface area contributed by atoms with Gasteiger partial charge in [-0.2, -0.15) is 0 Å². The molecule has 1 heterocycles. The van der Waals surface area contributed by atoms with E-state index in [-0.39, 0.29) is 5.82 Å². The van der Waals surface area contributed by atoms with E-state index >= 15 is 0 Å². The van der Waals surface area contributed by atoms with E-state index in [9.17, 15) is 4.39 Å². The lowest BCUT2D eigenvalue weighted by molar-refractivity contribution is 0.305. The van der Waals surface area contributed by atoms with Crippen molar-refractivity contribution in [1.82, 2.24) is 0 Å². The van der Waals surface area contributed by atoms with Crippen LogP contribution in [0.4, 0.5) is 4.39 Å². The lowest BCUT2D eigenvalue weighted by Crippen LogP contribution is -2.18. The summed E-state index contributed by atoms with van der Waals surface area (Å²) in [5, 5.41) is 0. The quantitative estimate of drug-likeness (QED) is 0.293. The van der Waals surface area contributed by atoms with Crippen LogP contribution in [0.5, 0.6) is 5.75 Å². The number of hydrogen-bond acceptors (Lipinski definition) is 3. The van der Waals surface area contributed by atoms with Crippen molar-refractivity contribution in [2.24, 2.45) is 5.92 Å². The van der Waals surface area contributed by atoms with Crippen LogP contribution < -0.4 is 4.74 Å². The third-order valence-electron chi connectivity index (χ3n) is 5.89. The second kappa shape index (κ2) is 13.4. The molecule has 0 amide bonds. The summed E-state index contributed by atoms with van der Waals surface area (Å²) in [6.45, 7) is 5.10. The van der Waals surface area contributed by atoms with Gasteiger partial charge in [0.05, 0.1) is 11.2 Å². The van der Waals surface area contributed by atoms with Crippen LogP contribution in [0.3, 0.4) is 0 Å². The van der Waals surface area contributed by atoms with Crippen LogP contribution in [0.25, 0.3) is 11.1 Å². The average Bonchev–Trinajstić information content (AvgIpc) is 2.80. The highest BCUT2D eigenvalue weighted by molar-refractivity contribution is 8.17. The predicted molar refractivity (Wildman–Crippen MR) is 137 cm³/mol. The van der Waals surface area contributed by atoms with E-state index in [2.05, 4.69) is 61.6 Å². The van der Waals surface area contributed by atoms with E-state index in [1.54, 1.807) is 0 Å². The molecule has 1 aliphatic rings. The molecule has 0 atom stereocenters. The monoisotopic (exact) mass is 460 g/mol. The molecule has 1 nitrogen and oxygen atoms in total. The lowest BCUT2D eigenvalue weighted by atomic mass is 10.0. The summed E-state index contributed by atoms with van der Waals surface area (Å²) in [4.78, 5) is 0. The predicted octanol–water partition coefficient (Wildman–Crippen LogP) is 8.61. The average molecular weight is 461 g/mol. The van der Waals surface area contributed by atoms with Gasteiger partial charge in [-0.1, -0.05) is 63.8 Å². The van der Waals surface area contributed by atoms with Crippen LogP contribution in [-0.2, 0) is 6.42 Å². The minimum atomic E-state index is -0.214. The van der Waals surface area contributed by atoms with Crippen molar-refractivity contribution in [2.75, 3.05) is 18.1 Å². The van der Waals surface area contributed by atoms with Crippen molar-refractivity contribution in [3.05, 3.63) is 53.8 Å². The van der Waals surface area contributed by atoms with Crippen LogP contribution in [0, 0.1) is 11.7 Å². The van der Waals surface area contributed by atoms with Gasteiger partial charge in [-0.15, -0.1) is 23.5 Å². The van der Waals surface area contributed by atoms with Gasteiger partial charge in [0.2, 0.25) is 0 Å². The third-order valence-corrected chi connectivity index (χ3v) is 9.25. The fraction of sp³-hybridized carbons (Fsp3) is 0.556. The molecule has 0 aliphatic carbocycles. The summed E-state index contributed by atoms with van der Waals surface area (Å²) < 4.78 is 21.0. The maximum Gasteiger partial charge on any atom is 0.134 e. The molecule has 0 N–H and O–H groups in total. The maximum atomic E-state index is 14.6. The zero-order chi connectivity index (χ0) is 21.9. The van der Waals surface area contributed by atoms with Gasteiger partial charge in [0, 0.05) is 11.6 Å². The minimum Gasteiger partial charge on any atom is -0.493 e. The van der Waals surface area contributed by atoms with Gasteiger partial charge in [0.1, 0.15) is 11.6 Å². The zero-order valence-corrected chi connectivity index (χ0v) is 20.7. The molecule has 0 spiro atoms. The molecule has 0 unspecified atom stereocenters. The van der Waals surface area contributed by atoms with Gasteiger partial charge in [-0.05, 0) is 66.4 Å². The Bertz CT molecular complexity index is 769. The zero-order valence-electron chi connectivity index (χ0n) is 19.1. The smallest absolute Gasteiger partial charge is 0.134 e. The van der Waals surface area contributed by atoms with E-state index < -0.39 is 0 Å². The molecule has 1 saturated heterocycles. The largest absolute Gasteiger partial charge is 0.493 e. The molecule has 0 aromatic heterocycles. The molecule has 2 aromatic rings. The third kappa shape index (κ3) is 8.05. The summed E-state index contributed by atoms with van der Waals surface area (Å²) in [5.41, 5.74) is 2.91. The molecule has 0 radical (unpaired) electrons. The summed E-state index contributed by atoms with van der Waals surface area (Å²) in [5.74, 6) is 3.97. The highest BCUT2D eigenvalue weighted by Gasteiger charge is 2.21. The number of halogens is 1. The molecular weight excluding hydrogens is 423 g/mol. The normalized spacial score (nSPS) is 18.8. The van der Waals surface area contributed by atoms with E-state index in [0.29, 0.717) is 17.9 Å². The van der Waals surface area contributed by atoms with E-state index in [0.717, 1.165) is 41.7 Å². The first kappa shape index (κ1) is 24.5. The molecule has 170 valence electrons. The first-order chi connectivity index (χ1) is 15.2. The van der Waals surface area contributed by atoms with Gasteiger partial charge in [-0.25, -0.2) is 4.39 Å². The topological polar surface area (TPSA) is 9.23 Å². The van der Waals surface area contributed by atoms with Crippen LogP contribution in [-0.4, -0.2) is 22.7 Å². The Morgan fingerprint density at radius 2 is 1.65 bits per heavy atom. The first-order valence-corrected chi connectivity index (χ1v) is 14.0. The Morgan fingerprint density at radius 1 is 0.903 bits per heavy atom. The number of ether oxygens (including phenoxy) is 1. The van der Waals surface area contributed by atoms with Crippen molar-refractivity contribution in [3.8, 4) is 16.9 Å². The molecular formula is C27H37FOS2. The molecule has 0 bridgehead atoms. The minimum absolute atomic E-state index is 0.214. The standard InChI is InChI=1S/C27H37FOS2/c1-3-5-7-17-29-24-14-15-25(26(28)18-24)23-12-9-21(10-13-23)11-16-27-30-19-22(20-31-27)8-6-4-2/h9-10,12-15,18,22,27H,3-8,11,16-17,19-20H2,1-2H3. The number of thioether (sulfide) groups is 2. The SMILES string of the molecule is CCCCCOc1ccc(-c2ccc(CCC3SCC(CCCC)CS3)cc2)c(F)c1. The summed E-state index contributed by atoms with van der Waals surface area (Å²) in [6, 6.07) is 13.7. The van der Waals surface area contributed by atoms with Crippen LogP contribution in [0.1, 0.15) is 64.4 Å². The van der Waals surface area contributed by atoms with Gasteiger partial charge in [-0.3, -0.25) is 0 Å². The van der Waals surface area contributed by atoms with Gasteiger partial charge < -0.3 is 4.74 Å². The molecule has 4 heteroatoms. The number of hydrogen-bond donors (Lipinski definition) is 0. The van der Waals surface area contributed by atoms with E-state index in [1.807, 2.05) is 12.1 Å². The first-order valence-electron chi connectivity index (χ1n) is 11.9. The second-order valence-corrected chi connectivity index (χ2v) is 11.3. The number of aryl methyl sites for hydroxylation is 1. The Kier molecular flexibility index (Phi) is 10.6. The van der Waals surface area contributed by atoms with Gasteiger partial charge >= 0.3 is 0 Å². The van der Waals surface area contributed by atoms with Gasteiger partial charge in [0.25, 0.3) is 0 Å². The van der Waals surface area contributed by atoms with Crippen molar-refractivity contribution in [1.29, 1.82) is 0 Å². The Labute approximate surface area is 196 Å². The van der Waals surface area contributed by atoms with Crippen molar-refractivity contribution in [3.63, 3.8) is 0 Å². The van der Waals surface area contributed by atoms with Crippen LogP contribution in [0.2, 0.25) is 0 Å². The van der Waals surface area contributed by atoms with Crippen LogP contribution >= 0.6 is 23.5 Å². The summed E-state index contributed by atoms with van der Waals surface area (Å²) >= 11 is 4.31. The molecule has 1 aliphatic heterocycles. The molecule has 31 heavy (non-hydrogen) atoms. The lowest BCUT2D eigenvalue weighted by Gasteiger charge is -2.27. The molecule has 1 fully saturated rings. The van der Waals surface area contributed by atoms with Crippen molar-refractivity contribution < 1.29 is 9.13 Å². The molecule has 2 aromatic carbocycles. The number of benzene rings is 2. The van der Waals surface area contributed by atoms with Crippen molar-refractivity contribution in [2.45, 2.75) is 69.8 Å². The van der Waals surface area contributed by atoms with Crippen LogP contribution in [0.15, 0.2) is 42.5 Å². The fourth-order valence-corrected chi connectivity index (χ4v) is 7.02. The molecule has 3 rings (SSSR count). The van der Waals surface area contributed by atoms with E-state index in [1.165, 1.54) is 48.8 Å². The highest BCUT2D eigenvalue weighted by atomic mass is 32.2. The molecule has 0 saturated carbocycles. The Balaban J connectivity index is 1.47.